The number of nitrogens with zero attached hydrogens (tertiary/aromatic N) is 2. The molecule has 0 aromatic carbocycles. The van der Waals surface area contributed by atoms with Crippen molar-refractivity contribution in [3.63, 3.8) is 0 Å². The number of hydrogen-bond acceptors (Lipinski definition) is 4. The summed E-state index contributed by atoms with van der Waals surface area (Å²) in [6.07, 6.45) is 1.67. The number of hydrogen-bond donors (Lipinski definition) is 1. The van der Waals surface area contributed by atoms with E-state index in [2.05, 4.69) is 25.9 Å². The van der Waals surface area contributed by atoms with Crippen LogP contribution in [0.3, 0.4) is 0 Å². The lowest BCUT2D eigenvalue weighted by Crippen LogP contribution is -2.04. The molecule has 0 saturated heterocycles. The number of fused-ring (bicyclic) bond motifs is 1. The number of rotatable bonds is 1. The largest absolute Gasteiger partial charge is 0.421 e. The maximum absolute atomic E-state index is 5.62. The molecule has 1 unspecified atom stereocenters. The second kappa shape index (κ2) is 3.08. The van der Waals surface area contributed by atoms with Gasteiger partial charge in [-0.1, -0.05) is 0 Å². The van der Waals surface area contributed by atoms with Crippen molar-refractivity contribution >= 4 is 27.2 Å². The van der Waals surface area contributed by atoms with Crippen LogP contribution < -0.4 is 5.73 Å². The molecule has 0 saturated carbocycles. The second-order valence-electron chi connectivity index (χ2n) is 2.82. The van der Waals surface area contributed by atoms with Gasteiger partial charge in [-0.25, -0.2) is 9.97 Å². The minimum atomic E-state index is -0.201. The van der Waals surface area contributed by atoms with Crippen LogP contribution in [0.4, 0.5) is 0 Å². The lowest BCUT2D eigenvalue weighted by atomic mass is 10.4. The van der Waals surface area contributed by atoms with E-state index in [1.54, 1.807) is 6.20 Å². The molecule has 0 fully saturated rings. The predicted octanol–water partition coefficient (Wildman–Crippen LogP) is 2.00. The van der Waals surface area contributed by atoms with Crippen LogP contribution in [0.15, 0.2) is 21.2 Å². The van der Waals surface area contributed by atoms with Gasteiger partial charge >= 0.3 is 0 Å². The lowest BCUT2D eigenvalue weighted by Gasteiger charge is -1.93. The third-order valence-corrected chi connectivity index (χ3v) is 2.05. The third-order valence-electron chi connectivity index (χ3n) is 1.62. The van der Waals surface area contributed by atoms with Gasteiger partial charge in [-0.2, -0.15) is 0 Å². The quantitative estimate of drug-likeness (QED) is 0.830. The summed E-state index contributed by atoms with van der Waals surface area (Å²) in [4.78, 5) is 8.24. The minimum absolute atomic E-state index is 0.201. The second-order valence-corrected chi connectivity index (χ2v) is 3.73. The van der Waals surface area contributed by atoms with Gasteiger partial charge in [0, 0.05) is 10.7 Å². The van der Waals surface area contributed by atoms with Crippen molar-refractivity contribution in [1.29, 1.82) is 0 Å². The number of halogens is 1. The average Bonchev–Trinajstić information content (AvgIpc) is 2.46. The van der Waals surface area contributed by atoms with Crippen molar-refractivity contribution < 1.29 is 4.42 Å². The minimum Gasteiger partial charge on any atom is -0.421 e. The van der Waals surface area contributed by atoms with E-state index in [1.165, 1.54) is 0 Å². The van der Waals surface area contributed by atoms with Gasteiger partial charge in [0.1, 0.15) is 5.52 Å². The van der Waals surface area contributed by atoms with Gasteiger partial charge in [0.2, 0.25) is 11.6 Å². The van der Waals surface area contributed by atoms with Gasteiger partial charge in [-0.05, 0) is 28.9 Å². The van der Waals surface area contributed by atoms with Gasteiger partial charge in [0.25, 0.3) is 0 Å². The first-order valence-corrected chi connectivity index (χ1v) is 4.63. The standard InChI is InChI=1S/C8H8BrN3O/c1-4(10)7-12-6-2-5(9)3-11-8(6)13-7/h2-4H,10H2,1H3. The molecule has 1 atom stereocenters. The first kappa shape index (κ1) is 8.65. The van der Waals surface area contributed by atoms with Crippen molar-refractivity contribution in [3.05, 3.63) is 22.6 Å². The molecule has 2 aromatic rings. The SMILES string of the molecule is CC(N)c1nc2cc(Br)cnc2o1. The van der Waals surface area contributed by atoms with Gasteiger partial charge in [0.05, 0.1) is 6.04 Å². The molecule has 0 aliphatic carbocycles. The Bertz CT molecular complexity index is 438. The Morgan fingerprint density at radius 1 is 1.62 bits per heavy atom. The highest BCUT2D eigenvalue weighted by Crippen LogP contribution is 2.19. The first-order chi connectivity index (χ1) is 6.16. The highest BCUT2D eigenvalue weighted by Gasteiger charge is 2.09. The van der Waals surface area contributed by atoms with Crippen molar-refractivity contribution in [1.82, 2.24) is 9.97 Å². The summed E-state index contributed by atoms with van der Waals surface area (Å²) in [6.45, 7) is 1.82. The molecule has 0 aliphatic rings. The highest BCUT2D eigenvalue weighted by molar-refractivity contribution is 9.10. The number of pyridine rings is 1. The molecule has 2 N–H and O–H groups in total. The predicted molar refractivity (Wildman–Crippen MR) is 52.1 cm³/mol. The Morgan fingerprint density at radius 2 is 2.38 bits per heavy atom. The summed E-state index contributed by atoms with van der Waals surface area (Å²) in [6, 6.07) is 1.64. The molecular formula is C8H8BrN3O. The zero-order chi connectivity index (χ0) is 9.42. The molecular weight excluding hydrogens is 234 g/mol. The molecule has 0 aliphatic heterocycles. The maximum Gasteiger partial charge on any atom is 0.247 e. The molecule has 0 spiro atoms. The molecule has 0 radical (unpaired) electrons. The fraction of sp³-hybridized carbons (Fsp3) is 0.250. The van der Waals surface area contributed by atoms with E-state index in [4.69, 9.17) is 10.2 Å². The molecule has 4 nitrogen and oxygen atoms in total. The molecule has 5 heteroatoms. The molecule has 2 aromatic heterocycles. The Balaban J connectivity index is 2.62. The van der Waals surface area contributed by atoms with Crippen LogP contribution in [0.25, 0.3) is 11.2 Å². The number of oxazole rings is 1. The van der Waals surface area contributed by atoms with Crippen LogP contribution >= 0.6 is 15.9 Å². The Morgan fingerprint density at radius 3 is 3.08 bits per heavy atom. The van der Waals surface area contributed by atoms with Crippen LogP contribution in [-0.2, 0) is 0 Å². The number of nitrogens with two attached hydrogens (primary N) is 1. The van der Waals surface area contributed by atoms with E-state index >= 15 is 0 Å². The smallest absolute Gasteiger partial charge is 0.247 e. The maximum atomic E-state index is 5.62. The van der Waals surface area contributed by atoms with E-state index in [1.807, 2.05) is 13.0 Å². The van der Waals surface area contributed by atoms with Crippen LogP contribution in [0, 0.1) is 0 Å². The van der Waals surface area contributed by atoms with E-state index in [-0.39, 0.29) is 6.04 Å². The monoisotopic (exact) mass is 241 g/mol. The van der Waals surface area contributed by atoms with Crippen molar-refractivity contribution in [2.45, 2.75) is 13.0 Å². The summed E-state index contributed by atoms with van der Waals surface area (Å²) in [5, 5.41) is 0. The third kappa shape index (κ3) is 1.57. The zero-order valence-corrected chi connectivity index (χ0v) is 8.58. The van der Waals surface area contributed by atoms with E-state index in [0.29, 0.717) is 11.6 Å². The summed E-state index contributed by atoms with van der Waals surface area (Å²) >= 11 is 3.30. The van der Waals surface area contributed by atoms with Crippen LogP contribution in [0.2, 0.25) is 0 Å². The summed E-state index contributed by atoms with van der Waals surface area (Å²) in [7, 11) is 0. The molecule has 13 heavy (non-hydrogen) atoms. The summed E-state index contributed by atoms with van der Waals surface area (Å²) in [5.41, 5.74) is 6.87. The van der Waals surface area contributed by atoms with Crippen LogP contribution in [0.1, 0.15) is 18.9 Å². The van der Waals surface area contributed by atoms with E-state index < -0.39 is 0 Å². The average molecular weight is 242 g/mol. The Kier molecular flexibility index (Phi) is 2.05. The molecule has 0 bridgehead atoms. The summed E-state index contributed by atoms with van der Waals surface area (Å²) in [5.74, 6) is 0.514. The fourth-order valence-electron chi connectivity index (χ4n) is 1.01. The van der Waals surface area contributed by atoms with Crippen molar-refractivity contribution in [3.8, 4) is 0 Å². The Labute approximate surface area is 83.3 Å². The van der Waals surface area contributed by atoms with Gasteiger partial charge in [-0.3, -0.25) is 0 Å². The van der Waals surface area contributed by atoms with E-state index in [0.717, 1.165) is 9.99 Å². The molecule has 0 amide bonds. The Hall–Kier alpha value is -0.940. The summed E-state index contributed by atoms with van der Waals surface area (Å²) < 4.78 is 6.20. The van der Waals surface area contributed by atoms with Gasteiger partial charge < -0.3 is 10.2 Å². The van der Waals surface area contributed by atoms with Gasteiger partial charge in [-0.15, -0.1) is 0 Å². The normalized spacial score (nSPS) is 13.5. The fourth-order valence-corrected chi connectivity index (χ4v) is 1.33. The van der Waals surface area contributed by atoms with Crippen LogP contribution in [0.5, 0.6) is 0 Å². The lowest BCUT2D eigenvalue weighted by molar-refractivity contribution is 0.486. The first-order valence-electron chi connectivity index (χ1n) is 3.84. The number of aromatic nitrogens is 2. The van der Waals surface area contributed by atoms with Crippen molar-refractivity contribution in [2.24, 2.45) is 5.73 Å². The van der Waals surface area contributed by atoms with Crippen LogP contribution in [-0.4, -0.2) is 9.97 Å². The van der Waals surface area contributed by atoms with Gasteiger partial charge in [0.15, 0.2) is 0 Å². The zero-order valence-electron chi connectivity index (χ0n) is 6.99. The highest BCUT2D eigenvalue weighted by atomic mass is 79.9. The molecule has 2 heterocycles. The van der Waals surface area contributed by atoms with Crippen molar-refractivity contribution in [2.75, 3.05) is 0 Å². The topological polar surface area (TPSA) is 64.9 Å². The molecule has 68 valence electrons. The molecule has 2 rings (SSSR count). The van der Waals surface area contributed by atoms with E-state index in [9.17, 15) is 0 Å².